The summed E-state index contributed by atoms with van der Waals surface area (Å²) < 4.78 is 5.63. The predicted molar refractivity (Wildman–Crippen MR) is 96.3 cm³/mol. The number of aliphatic hydroxyl groups is 1. The number of carbonyl (C=O) groups is 1. The topological polar surface area (TPSA) is 49.8 Å². The van der Waals surface area contributed by atoms with Crippen LogP contribution < -0.4 is 0 Å². The minimum atomic E-state index is -0.357. The molecule has 1 aromatic carbocycles. The van der Waals surface area contributed by atoms with E-state index in [9.17, 15) is 9.90 Å². The molecule has 1 saturated carbocycles. The highest BCUT2D eigenvalue weighted by Crippen LogP contribution is 2.44. The fourth-order valence-corrected chi connectivity index (χ4v) is 5.24. The van der Waals surface area contributed by atoms with Gasteiger partial charge in [-0.25, -0.2) is 0 Å². The Morgan fingerprint density at radius 1 is 1.12 bits per heavy atom. The molecule has 2 saturated heterocycles. The highest BCUT2D eigenvalue weighted by atomic mass is 16.5. The number of carbonyl (C=O) groups excluding carboxylic acids is 1. The van der Waals surface area contributed by atoms with Gasteiger partial charge in [0.25, 0.3) is 0 Å². The van der Waals surface area contributed by atoms with Gasteiger partial charge >= 0.3 is 0 Å². The molecule has 0 spiro atoms. The van der Waals surface area contributed by atoms with Crippen molar-refractivity contribution in [3.05, 3.63) is 35.9 Å². The van der Waals surface area contributed by atoms with Crippen LogP contribution in [0.4, 0.5) is 0 Å². The molecule has 3 atom stereocenters. The van der Waals surface area contributed by atoms with Crippen molar-refractivity contribution in [3.8, 4) is 0 Å². The first-order valence-corrected chi connectivity index (χ1v) is 9.85. The molecular weight excluding hydrogens is 314 g/mol. The van der Waals surface area contributed by atoms with Crippen molar-refractivity contribution in [1.82, 2.24) is 4.90 Å². The second-order valence-electron chi connectivity index (χ2n) is 7.96. The summed E-state index contributed by atoms with van der Waals surface area (Å²) >= 11 is 0. The molecule has 0 radical (unpaired) electrons. The molecule has 4 rings (SSSR count). The van der Waals surface area contributed by atoms with E-state index in [0.29, 0.717) is 19.6 Å². The van der Waals surface area contributed by atoms with Crippen molar-refractivity contribution >= 4 is 5.91 Å². The first-order chi connectivity index (χ1) is 12.2. The number of hydrogen-bond acceptors (Lipinski definition) is 3. The van der Waals surface area contributed by atoms with Crippen molar-refractivity contribution in [2.75, 3.05) is 19.8 Å². The lowest BCUT2D eigenvalue weighted by molar-refractivity contribution is -0.142. The van der Waals surface area contributed by atoms with Gasteiger partial charge in [0.2, 0.25) is 5.91 Å². The number of likely N-dealkylation sites (tertiary alicyclic amines) is 1. The zero-order valence-electron chi connectivity index (χ0n) is 14.9. The van der Waals surface area contributed by atoms with Crippen molar-refractivity contribution in [1.29, 1.82) is 0 Å². The van der Waals surface area contributed by atoms with Crippen molar-refractivity contribution in [3.63, 3.8) is 0 Å². The van der Waals surface area contributed by atoms with E-state index in [4.69, 9.17) is 4.74 Å². The molecule has 0 aromatic heterocycles. The Morgan fingerprint density at radius 2 is 1.88 bits per heavy atom. The third kappa shape index (κ3) is 3.00. The largest absolute Gasteiger partial charge is 0.393 e. The summed E-state index contributed by atoms with van der Waals surface area (Å²) in [6.07, 6.45) is 6.50. The van der Waals surface area contributed by atoms with Crippen LogP contribution in [-0.4, -0.2) is 47.8 Å². The Labute approximate surface area is 150 Å². The number of aliphatic hydroxyl groups excluding tert-OH is 1. The fraction of sp³-hybridized carbons (Fsp3) is 0.667. The minimum absolute atomic E-state index is 0.0643. The molecule has 1 aromatic rings. The van der Waals surface area contributed by atoms with Gasteiger partial charge in [-0.3, -0.25) is 4.79 Å². The van der Waals surface area contributed by atoms with Crippen LogP contribution in [0.3, 0.4) is 0 Å². The van der Waals surface area contributed by atoms with Crippen LogP contribution in [0.25, 0.3) is 0 Å². The third-order valence-electron chi connectivity index (χ3n) is 6.61. The Morgan fingerprint density at radius 3 is 2.60 bits per heavy atom. The normalized spacial score (nSPS) is 32.0. The molecular formula is C21H29NO3. The van der Waals surface area contributed by atoms with Crippen LogP contribution in [0.1, 0.15) is 50.5 Å². The number of amides is 1. The molecule has 136 valence electrons. The van der Waals surface area contributed by atoms with E-state index in [1.54, 1.807) is 0 Å². The summed E-state index contributed by atoms with van der Waals surface area (Å²) in [5.74, 6) is 0.353. The molecule has 1 N–H and O–H groups in total. The second-order valence-corrected chi connectivity index (χ2v) is 7.96. The smallest absolute Gasteiger partial charge is 0.233 e. The van der Waals surface area contributed by atoms with Gasteiger partial charge in [-0.2, -0.15) is 0 Å². The van der Waals surface area contributed by atoms with Crippen molar-refractivity contribution < 1.29 is 14.6 Å². The molecule has 25 heavy (non-hydrogen) atoms. The molecule has 1 aliphatic carbocycles. The molecule has 3 aliphatic rings. The highest BCUT2D eigenvalue weighted by Gasteiger charge is 2.49. The van der Waals surface area contributed by atoms with Crippen LogP contribution in [-0.2, 0) is 14.9 Å². The third-order valence-corrected chi connectivity index (χ3v) is 6.61. The van der Waals surface area contributed by atoms with Crippen LogP contribution in [0, 0.1) is 5.92 Å². The Balaban J connectivity index is 1.61. The first kappa shape index (κ1) is 17.0. The van der Waals surface area contributed by atoms with Gasteiger partial charge in [0.1, 0.15) is 0 Å². The SMILES string of the molecule is O=C(N1CCC[C@@H]1[C@H]1COCC[C@H]1O)C1(c2ccccc2)CCCC1. The van der Waals surface area contributed by atoms with Gasteiger partial charge in [0.05, 0.1) is 18.1 Å². The molecule has 3 fully saturated rings. The number of rotatable bonds is 3. The maximum absolute atomic E-state index is 13.7. The lowest BCUT2D eigenvalue weighted by Crippen LogP contribution is -2.53. The van der Waals surface area contributed by atoms with Crippen molar-refractivity contribution in [2.45, 2.75) is 62.5 Å². The van der Waals surface area contributed by atoms with Gasteiger partial charge in [-0.15, -0.1) is 0 Å². The number of nitrogens with zero attached hydrogens (tertiary/aromatic N) is 1. The minimum Gasteiger partial charge on any atom is -0.393 e. The molecule has 2 aliphatic heterocycles. The Kier molecular flexibility index (Phi) is 4.83. The predicted octanol–water partition coefficient (Wildman–Crippen LogP) is 2.89. The maximum Gasteiger partial charge on any atom is 0.233 e. The van der Waals surface area contributed by atoms with Gasteiger partial charge < -0.3 is 14.7 Å². The van der Waals surface area contributed by atoms with Gasteiger partial charge in [0, 0.05) is 25.1 Å². The summed E-state index contributed by atoms with van der Waals surface area (Å²) in [5.41, 5.74) is 0.813. The second kappa shape index (κ2) is 7.08. The summed E-state index contributed by atoms with van der Waals surface area (Å²) in [6, 6.07) is 10.5. The van der Waals surface area contributed by atoms with Crippen molar-refractivity contribution in [2.24, 2.45) is 5.92 Å². The van der Waals surface area contributed by atoms with E-state index in [1.165, 1.54) is 5.56 Å². The average molecular weight is 343 g/mol. The Bertz CT molecular complexity index is 596. The molecule has 0 bridgehead atoms. The van der Waals surface area contributed by atoms with Crippen LogP contribution >= 0.6 is 0 Å². The van der Waals surface area contributed by atoms with Crippen LogP contribution in [0.5, 0.6) is 0 Å². The van der Waals surface area contributed by atoms with E-state index in [0.717, 1.165) is 45.1 Å². The summed E-state index contributed by atoms with van der Waals surface area (Å²) in [6.45, 7) is 2.03. The number of benzene rings is 1. The van der Waals surface area contributed by atoms with Crippen LogP contribution in [0.2, 0.25) is 0 Å². The van der Waals surface area contributed by atoms with Gasteiger partial charge in [0.15, 0.2) is 0 Å². The maximum atomic E-state index is 13.7. The monoisotopic (exact) mass is 343 g/mol. The average Bonchev–Trinajstić information content (AvgIpc) is 3.33. The summed E-state index contributed by atoms with van der Waals surface area (Å²) in [7, 11) is 0. The molecule has 2 heterocycles. The van der Waals surface area contributed by atoms with E-state index in [2.05, 4.69) is 17.0 Å². The zero-order chi connectivity index (χ0) is 17.3. The van der Waals surface area contributed by atoms with E-state index in [1.807, 2.05) is 18.2 Å². The number of hydrogen-bond donors (Lipinski definition) is 1. The highest BCUT2D eigenvalue weighted by molar-refractivity contribution is 5.89. The van der Waals surface area contributed by atoms with Gasteiger partial charge in [-0.05, 0) is 37.7 Å². The standard InChI is InChI=1S/C21H29NO3/c23-19-10-14-25-15-17(19)18-9-6-13-22(18)20(24)21(11-4-5-12-21)16-7-2-1-3-8-16/h1-3,7-8,17-19,23H,4-6,9-15H2/t17-,18-,19-/m1/s1. The summed E-state index contributed by atoms with van der Waals surface area (Å²) in [5, 5.41) is 10.5. The molecule has 1 amide bonds. The fourth-order valence-electron chi connectivity index (χ4n) is 5.24. The van der Waals surface area contributed by atoms with E-state index in [-0.39, 0.29) is 29.4 Å². The first-order valence-electron chi connectivity index (χ1n) is 9.85. The quantitative estimate of drug-likeness (QED) is 0.918. The number of ether oxygens (including phenoxy) is 1. The molecule has 4 heteroatoms. The molecule has 4 nitrogen and oxygen atoms in total. The zero-order valence-corrected chi connectivity index (χ0v) is 14.9. The lowest BCUT2D eigenvalue weighted by Gasteiger charge is -2.41. The van der Waals surface area contributed by atoms with Crippen LogP contribution in [0.15, 0.2) is 30.3 Å². The summed E-state index contributed by atoms with van der Waals surface area (Å²) in [4.78, 5) is 15.8. The van der Waals surface area contributed by atoms with E-state index >= 15 is 0 Å². The van der Waals surface area contributed by atoms with E-state index < -0.39 is 0 Å². The Hall–Kier alpha value is -1.39. The molecule has 0 unspecified atom stereocenters. The van der Waals surface area contributed by atoms with Gasteiger partial charge in [-0.1, -0.05) is 43.2 Å². The lowest BCUT2D eigenvalue weighted by atomic mass is 9.77.